The van der Waals surface area contributed by atoms with Gasteiger partial charge in [0.05, 0.1) is 5.56 Å². The Morgan fingerprint density at radius 3 is 2.58 bits per heavy atom. The highest BCUT2D eigenvalue weighted by Gasteiger charge is 2.18. The van der Waals surface area contributed by atoms with Crippen LogP contribution in [0.2, 0.25) is 5.02 Å². The van der Waals surface area contributed by atoms with Gasteiger partial charge in [-0.2, -0.15) is 0 Å². The van der Waals surface area contributed by atoms with E-state index in [1.807, 2.05) is 13.0 Å². The Morgan fingerprint density at radius 1 is 1.25 bits per heavy atom. The minimum atomic E-state index is -0.237. The first-order valence-corrected chi connectivity index (χ1v) is 8.55. The van der Waals surface area contributed by atoms with Gasteiger partial charge in [-0.1, -0.05) is 24.6 Å². The van der Waals surface area contributed by atoms with Crippen molar-refractivity contribution in [3.8, 4) is 0 Å². The number of benzene rings is 1. The predicted octanol–water partition coefficient (Wildman–Crippen LogP) is 3.93. The van der Waals surface area contributed by atoms with Crippen LogP contribution < -0.4 is 10.2 Å². The highest BCUT2D eigenvalue weighted by Crippen LogP contribution is 2.22. The summed E-state index contributed by atoms with van der Waals surface area (Å²) in [5, 5.41) is 3.44. The Labute approximate surface area is 147 Å². The zero-order valence-corrected chi connectivity index (χ0v) is 14.7. The Balaban J connectivity index is 1.68. The molecule has 1 aliphatic heterocycles. The molecule has 1 aliphatic rings. The van der Waals surface area contributed by atoms with Crippen LogP contribution in [0.25, 0.3) is 0 Å². The molecule has 1 fully saturated rings. The lowest BCUT2D eigenvalue weighted by Crippen LogP contribution is -2.34. The van der Waals surface area contributed by atoms with Gasteiger partial charge in [-0.3, -0.25) is 4.79 Å². The van der Waals surface area contributed by atoms with E-state index in [0.29, 0.717) is 22.2 Å². The summed E-state index contributed by atoms with van der Waals surface area (Å²) in [7, 11) is 0. The van der Waals surface area contributed by atoms with E-state index in [-0.39, 0.29) is 5.91 Å². The van der Waals surface area contributed by atoms with E-state index >= 15 is 0 Å². The largest absolute Gasteiger partial charge is 0.341 e. The lowest BCUT2D eigenvalue weighted by atomic mass is 10.00. The summed E-state index contributed by atoms with van der Waals surface area (Å²) in [6.45, 7) is 6.12. The number of carbonyl (C=O) groups is 1. The van der Waals surface area contributed by atoms with E-state index < -0.39 is 0 Å². The van der Waals surface area contributed by atoms with E-state index in [0.717, 1.165) is 37.4 Å². The van der Waals surface area contributed by atoms with Gasteiger partial charge in [-0.25, -0.2) is 9.97 Å². The molecule has 0 saturated carbocycles. The molecule has 0 radical (unpaired) electrons. The molecule has 1 amide bonds. The molecule has 1 aromatic heterocycles. The second-order valence-corrected chi connectivity index (χ2v) is 6.79. The first-order valence-electron chi connectivity index (χ1n) is 8.17. The fourth-order valence-corrected chi connectivity index (χ4v) is 2.91. The van der Waals surface area contributed by atoms with Gasteiger partial charge in [0.15, 0.2) is 0 Å². The summed E-state index contributed by atoms with van der Waals surface area (Å²) < 4.78 is 0. The van der Waals surface area contributed by atoms with Crippen LogP contribution in [0.1, 0.15) is 35.7 Å². The topological polar surface area (TPSA) is 58.1 Å². The predicted molar refractivity (Wildman–Crippen MR) is 96.8 cm³/mol. The van der Waals surface area contributed by atoms with Gasteiger partial charge in [0.2, 0.25) is 5.95 Å². The summed E-state index contributed by atoms with van der Waals surface area (Å²) in [4.78, 5) is 23.2. The van der Waals surface area contributed by atoms with Crippen LogP contribution >= 0.6 is 11.6 Å². The Morgan fingerprint density at radius 2 is 1.92 bits per heavy atom. The van der Waals surface area contributed by atoms with Crippen molar-refractivity contribution in [3.63, 3.8) is 0 Å². The van der Waals surface area contributed by atoms with Crippen molar-refractivity contribution in [1.29, 1.82) is 0 Å². The fraction of sp³-hybridized carbons (Fsp3) is 0.389. The highest BCUT2D eigenvalue weighted by molar-refractivity contribution is 6.31. The van der Waals surface area contributed by atoms with Crippen LogP contribution in [0.15, 0.2) is 30.6 Å². The van der Waals surface area contributed by atoms with Gasteiger partial charge < -0.3 is 10.2 Å². The number of hydrogen-bond acceptors (Lipinski definition) is 4. The number of carbonyl (C=O) groups excluding carboxylic acids is 1. The maximum absolute atomic E-state index is 12.4. The molecular formula is C18H21ClN4O. The number of anilines is 2. The molecule has 2 heterocycles. The SMILES string of the molecule is Cc1ccc(Cl)cc1NC(=O)c1cnc(N2CCC(C)CC2)nc1. The van der Waals surface area contributed by atoms with E-state index in [9.17, 15) is 4.79 Å². The van der Waals surface area contributed by atoms with Crippen molar-refractivity contribution in [2.45, 2.75) is 26.7 Å². The second kappa shape index (κ2) is 7.18. The van der Waals surface area contributed by atoms with E-state index in [4.69, 9.17) is 11.6 Å². The summed E-state index contributed by atoms with van der Waals surface area (Å²) in [6, 6.07) is 5.40. The maximum atomic E-state index is 12.4. The third-order valence-corrected chi connectivity index (χ3v) is 4.65. The first-order chi connectivity index (χ1) is 11.5. The molecule has 0 spiro atoms. The van der Waals surface area contributed by atoms with Crippen molar-refractivity contribution < 1.29 is 4.79 Å². The van der Waals surface area contributed by atoms with Gasteiger partial charge in [-0.05, 0) is 43.4 Å². The normalized spacial score (nSPS) is 15.4. The number of nitrogens with zero attached hydrogens (tertiary/aromatic N) is 3. The van der Waals surface area contributed by atoms with Gasteiger partial charge in [0.25, 0.3) is 5.91 Å². The maximum Gasteiger partial charge on any atom is 0.258 e. The van der Waals surface area contributed by atoms with Gasteiger partial charge in [0.1, 0.15) is 0 Å². The average Bonchev–Trinajstić information content (AvgIpc) is 2.59. The van der Waals surface area contributed by atoms with Crippen molar-refractivity contribution >= 4 is 29.1 Å². The molecule has 126 valence electrons. The van der Waals surface area contributed by atoms with Crippen molar-refractivity contribution in [3.05, 3.63) is 46.7 Å². The zero-order valence-electron chi connectivity index (χ0n) is 13.9. The number of piperidine rings is 1. The quantitative estimate of drug-likeness (QED) is 0.916. The lowest BCUT2D eigenvalue weighted by Gasteiger charge is -2.30. The number of aryl methyl sites for hydroxylation is 1. The third kappa shape index (κ3) is 3.85. The van der Waals surface area contributed by atoms with Gasteiger partial charge >= 0.3 is 0 Å². The molecule has 5 nitrogen and oxygen atoms in total. The van der Waals surface area contributed by atoms with Crippen molar-refractivity contribution in [1.82, 2.24) is 9.97 Å². The fourth-order valence-electron chi connectivity index (χ4n) is 2.73. The lowest BCUT2D eigenvalue weighted by molar-refractivity contribution is 0.102. The minimum absolute atomic E-state index is 0.237. The van der Waals surface area contributed by atoms with Crippen LogP contribution in [0, 0.1) is 12.8 Å². The molecule has 0 aliphatic carbocycles. The van der Waals surface area contributed by atoms with Crippen LogP contribution in [0.3, 0.4) is 0 Å². The number of amides is 1. The number of hydrogen-bond donors (Lipinski definition) is 1. The molecule has 0 unspecified atom stereocenters. The molecule has 0 bridgehead atoms. The Kier molecular flexibility index (Phi) is 5.00. The van der Waals surface area contributed by atoms with Crippen molar-refractivity contribution in [2.75, 3.05) is 23.3 Å². The molecule has 0 atom stereocenters. The second-order valence-electron chi connectivity index (χ2n) is 6.35. The van der Waals surface area contributed by atoms with Crippen LogP contribution in [0.4, 0.5) is 11.6 Å². The third-order valence-electron chi connectivity index (χ3n) is 4.41. The molecule has 2 aromatic rings. The molecule has 6 heteroatoms. The minimum Gasteiger partial charge on any atom is -0.341 e. The summed E-state index contributed by atoms with van der Waals surface area (Å²) in [5.41, 5.74) is 2.08. The zero-order chi connectivity index (χ0) is 17.1. The summed E-state index contributed by atoms with van der Waals surface area (Å²) in [5.74, 6) is 1.21. The molecule has 1 saturated heterocycles. The van der Waals surface area contributed by atoms with Gasteiger partial charge in [0, 0.05) is 36.2 Å². The summed E-state index contributed by atoms with van der Waals surface area (Å²) >= 11 is 5.98. The molecule has 1 aromatic carbocycles. The standard InChI is InChI=1S/C18H21ClN4O/c1-12-5-7-23(8-6-12)18-20-10-14(11-21-18)17(24)22-16-9-15(19)4-3-13(16)2/h3-4,9-12H,5-8H2,1-2H3,(H,22,24). The van der Waals surface area contributed by atoms with Crippen LogP contribution in [-0.4, -0.2) is 29.0 Å². The summed E-state index contributed by atoms with van der Waals surface area (Å²) in [6.07, 6.45) is 5.46. The highest BCUT2D eigenvalue weighted by atomic mass is 35.5. The molecule has 3 rings (SSSR count). The molecule has 1 N–H and O–H groups in total. The van der Waals surface area contributed by atoms with Gasteiger partial charge in [-0.15, -0.1) is 0 Å². The first kappa shape index (κ1) is 16.7. The average molecular weight is 345 g/mol. The molecule has 24 heavy (non-hydrogen) atoms. The van der Waals surface area contributed by atoms with Crippen molar-refractivity contribution in [2.24, 2.45) is 5.92 Å². The Hall–Kier alpha value is -2.14. The Bertz CT molecular complexity index is 724. The smallest absolute Gasteiger partial charge is 0.258 e. The number of nitrogens with one attached hydrogen (secondary N) is 1. The van der Waals surface area contributed by atoms with E-state index in [2.05, 4.69) is 27.1 Å². The number of rotatable bonds is 3. The van der Waals surface area contributed by atoms with Crippen LogP contribution in [-0.2, 0) is 0 Å². The number of halogens is 1. The monoisotopic (exact) mass is 344 g/mol. The number of aromatic nitrogens is 2. The van der Waals surface area contributed by atoms with E-state index in [1.54, 1.807) is 24.5 Å². The van der Waals surface area contributed by atoms with E-state index in [1.165, 1.54) is 0 Å². The molecular weight excluding hydrogens is 324 g/mol. The van der Waals surface area contributed by atoms with Crippen LogP contribution in [0.5, 0.6) is 0 Å².